The predicted octanol–water partition coefficient (Wildman–Crippen LogP) is 0.591. The molecule has 0 saturated heterocycles. The van der Waals surface area contributed by atoms with Crippen LogP contribution in [0.15, 0.2) is 29.2 Å². The topological polar surface area (TPSA) is 83.5 Å². The first kappa shape index (κ1) is 14.7. The summed E-state index contributed by atoms with van der Waals surface area (Å²) in [6.45, 7) is 1.96. The molecule has 100 valence electrons. The van der Waals surface area contributed by atoms with Gasteiger partial charge < -0.3 is 10.4 Å². The molecule has 1 amide bonds. The summed E-state index contributed by atoms with van der Waals surface area (Å²) in [5.74, 6) is -0.395. The smallest absolute Gasteiger partial charge is 0.251 e. The number of hydrogen-bond donors (Lipinski definition) is 2. The van der Waals surface area contributed by atoms with Crippen LogP contribution in [0.4, 0.5) is 0 Å². The summed E-state index contributed by atoms with van der Waals surface area (Å²) < 4.78 is 22.7. The molecule has 0 saturated carbocycles. The summed E-state index contributed by atoms with van der Waals surface area (Å²) in [6.07, 6.45) is 1.04. The van der Waals surface area contributed by atoms with Gasteiger partial charge in [0, 0.05) is 18.4 Å². The average Bonchev–Trinajstić information content (AvgIpc) is 2.34. The number of amides is 1. The number of carbonyl (C=O) groups excluding carboxylic acids is 1. The van der Waals surface area contributed by atoms with Crippen molar-refractivity contribution in [2.24, 2.45) is 0 Å². The Balaban J connectivity index is 2.81. The van der Waals surface area contributed by atoms with Crippen LogP contribution in [-0.2, 0) is 9.84 Å². The number of hydrogen-bond acceptors (Lipinski definition) is 4. The third-order valence-corrected chi connectivity index (χ3v) is 3.60. The highest BCUT2D eigenvalue weighted by molar-refractivity contribution is 7.90. The molecule has 0 aliphatic carbocycles. The monoisotopic (exact) mass is 271 g/mol. The van der Waals surface area contributed by atoms with Crippen LogP contribution in [-0.4, -0.2) is 38.3 Å². The van der Waals surface area contributed by atoms with Gasteiger partial charge in [0.05, 0.1) is 11.0 Å². The largest absolute Gasteiger partial charge is 0.391 e. The number of sulfone groups is 1. The lowest BCUT2D eigenvalue weighted by Gasteiger charge is -2.09. The van der Waals surface area contributed by atoms with Crippen LogP contribution >= 0.6 is 0 Å². The summed E-state index contributed by atoms with van der Waals surface area (Å²) in [5.41, 5.74) is 0.265. The van der Waals surface area contributed by atoms with Gasteiger partial charge in [0.15, 0.2) is 9.84 Å². The molecule has 0 aliphatic rings. The normalized spacial score (nSPS) is 13.1. The van der Waals surface area contributed by atoms with Gasteiger partial charge in [-0.15, -0.1) is 0 Å². The van der Waals surface area contributed by atoms with E-state index in [0.717, 1.165) is 6.26 Å². The molecule has 1 aromatic carbocycles. The van der Waals surface area contributed by atoms with Gasteiger partial charge in [-0.1, -0.05) is 13.0 Å². The SMILES string of the molecule is CCC(O)CNC(=O)c1cccc(S(C)(=O)=O)c1. The van der Waals surface area contributed by atoms with E-state index in [-0.39, 0.29) is 17.0 Å². The number of carbonyl (C=O) groups is 1. The Kier molecular flexibility index (Phi) is 4.86. The van der Waals surface area contributed by atoms with Crippen molar-refractivity contribution < 1.29 is 18.3 Å². The van der Waals surface area contributed by atoms with Crippen LogP contribution in [0.3, 0.4) is 0 Å². The molecule has 0 aliphatic heterocycles. The van der Waals surface area contributed by atoms with Gasteiger partial charge in [0.2, 0.25) is 0 Å². The molecule has 5 nitrogen and oxygen atoms in total. The van der Waals surface area contributed by atoms with E-state index in [4.69, 9.17) is 0 Å². The Morgan fingerprint density at radius 3 is 2.67 bits per heavy atom. The number of benzene rings is 1. The molecule has 0 bridgehead atoms. The van der Waals surface area contributed by atoms with Crippen molar-refractivity contribution in [3.05, 3.63) is 29.8 Å². The molecule has 0 spiro atoms. The first-order valence-electron chi connectivity index (χ1n) is 5.61. The summed E-state index contributed by atoms with van der Waals surface area (Å²) in [7, 11) is -3.32. The van der Waals surface area contributed by atoms with Crippen LogP contribution in [0.25, 0.3) is 0 Å². The molecule has 0 aromatic heterocycles. The molecule has 0 heterocycles. The lowest BCUT2D eigenvalue weighted by Crippen LogP contribution is -2.31. The quantitative estimate of drug-likeness (QED) is 0.821. The highest BCUT2D eigenvalue weighted by Gasteiger charge is 2.12. The molecule has 1 aromatic rings. The molecule has 0 fully saturated rings. The fourth-order valence-electron chi connectivity index (χ4n) is 1.32. The first-order valence-corrected chi connectivity index (χ1v) is 7.50. The molecule has 0 radical (unpaired) electrons. The van der Waals surface area contributed by atoms with Crippen molar-refractivity contribution in [3.8, 4) is 0 Å². The predicted molar refractivity (Wildman–Crippen MR) is 68.2 cm³/mol. The minimum Gasteiger partial charge on any atom is -0.391 e. The Morgan fingerprint density at radius 2 is 2.11 bits per heavy atom. The lowest BCUT2D eigenvalue weighted by molar-refractivity contribution is 0.0913. The molecule has 6 heteroatoms. The van der Waals surface area contributed by atoms with E-state index in [2.05, 4.69) is 5.32 Å². The maximum Gasteiger partial charge on any atom is 0.251 e. The maximum absolute atomic E-state index is 11.7. The second-order valence-corrected chi connectivity index (χ2v) is 6.09. The van der Waals surface area contributed by atoms with Crippen LogP contribution < -0.4 is 5.32 Å². The third kappa shape index (κ3) is 4.12. The van der Waals surface area contributed by atoms with Gasteiger partial charge >= 0.3 is 0 Å². The van der Waals surface area contributed by atoms with E-state index in [1.165, 1.54) is 24.3 Å². The van der Waals surface area contributed by atoms with Crippen molar-refractivity contribution in [2.45, 2.75) is 24.3 Å². The highest BCUT2D eigenvalue weighted by Crippen LogP contribution is 2.11. The zero-order chi connectivity index (χ0) is 13.8. The molecule has 1 unspecified atom stereocenters. The van der Waals surface area contributed by atoms with E-state index in [9.17, 15) is 18.3 Å². The van der Waals surface area contributed by atoms with Gasteiger partial charge in [-0.25, -0.2) is 8.42 Å². The summed E-state index contributed by atoms with van der Waals surface area (Å²) in [4.78, 5) is 11.8. The van der Waals surface area contributed by atoms with E-state index < -0.39 is 21.8 Å². The van der Waals surface area contributed by atoms with Gasteiger partial charge in [-0.05, 0) is 24.6 Å². The fraction of sp³-hybridized carbons (Fsp3) is 0.417. The minimum absolute atomic E-state index is 0.103. The fourth-order valence-corrected chi connectivity index (χ4v) is 1.99. The third-order valence-electron chi connectivity index (χ3n) is 2.49. The maximum atomic E-state index is 11.7. The first-order chi connectivity index (χ1) is 8.34. The van der Waals surface area contributed by atoms with E-state index >= 15 is 0 Å². The molecular weight excluding hydrogens is 254 g/mol. The molecular formula is C12H17NO4S. The Hall–Kier alpha value is -1.40. The van der Waals surface area contributed by atoms with Crippen molar-refractivity contribution in [1.82, 2.24) is 5.32 Å². The van der Waals surface area contributed by atoms with Crippen LogP contribution in [0.2, 0.25) is 0 Å². The van der Waals surface area contributed by atoms with Crippen molar-refractivity contribution in [3.63, 3.8) is 0 Å². The number of aliphatic hydroxyl groups excluding tert-OH is 1. The number of aliphatic hydroxyl groups is 1. The summed E-state index contributed by atoms with van der Waals surface area (Å²) in [6, 6.07) is 5.81. The van der Waals surface area contributed by atoms with E-state index in [1.54, 1.807) is 6.92 Å². The van der Waals surface area contributed by atoms with Crippen molar-refractivity contribution in [1.29, 1.82) is 0 Å². The Morgan fingerprint density at radius 1 is 1.44 bits per heavy atom. The molecule has 18 heavy (non-hydrogen) atoms. The van der Waals surface area contributed by atoms with Crippen LogP contribution in [0, 0.1) is 0 Å². The molecule has 1 atom stereocenters. The second-order valence-electron chi connectivity index (χ2n) is 4.07. The van der Waals surface area contributed by atoms with E-state index in [1.807, 2.05) is 0 Å². The summed E-state index contributed by atoms with van der Waals surface area (Å²) >= 11 is 0. The van der Waals surface area contributed by atoms with Crippen LogP contribution in [0.1, 0.15) is 23.7 Å². The molecule has 1 rings (SSSR count). The average molecular weight is 271 g/mol. The van der Waals surface area contributed by atoms with Gasteiger partial charge in [-0.2, -0.15) is 0 Å². The Bertz CT molecular complexity index is 525. The molecule has 2 N–H and O–H groups in total. The number of rotatable bonds is 5. The lowest BCUT2D eigenvalue weighted by atomic mass is 10.2. The van der Waals surface area contributed by atoms with Gasteiger partial charge in [0.1, 0.15) is 0 Å². The number of nitrogens with one attached hydrogen (secondary N) is 1. The van der Waals surface area contributed by atoms with Crippen molar-refractivity contribution >= 4 is 15.7 Å². The standard InChI is InChI=1S/C12H17NO4S/c1-3-10(14)8-13-12(15)9-5-4-6-11(7-9)18(2,16)17/h4-7,10,14H,3,8H2,1-2H3,(H,13,15). The zero-order valence-corrected chi connectivity index (χ0v) is 11.2. The van der Waals surface area contributed by atoms with Crippen molar-refractivity contribution in [2.75, 3.05) is 12.8 Å². The second kappa shape index (κ2) is 5.97. The summed E-state index contributed by atoms with van der Waals surface area (Å²) in [5, 5.41) is 11.9. The van der Waals surface area contributed by atoms with Gasteiger partial charge in [-0.3, -0.25) is 4.79 Å². The van der Waals surface area contributed by atoms with Gasteiger partial charge in [0.25, 0.3) is 5.91 Å². The highest BCUT2D eigenvalue weighted by atomic mass is 32.2. The van der Waals surface area contributed by atoms with E-state index in [0.29, 0.717) is 6.42 Å². The Labute approximate surface area is 107 Å². The zero-order valence-electron chi connectivity index (χ0n) is 10.4. The van der Waals surface area contributed by atoms with Crippen LogP contribution in [0.5, 0.6) is 0 Å². The minimum atomic E-state index is -3.32.